The lowest BCUT2D eigenvalue weighted by Crippen LogP contribution is -2.59. The van der Waals surface area contributed by atoms with Crippen LogP contribution in [0.25, 0.3) is 0 Å². The van der Waals surface area contributed by atoms with Crippen molar-refractivity contribution in [3.05, 3.63) is 0 Å². The Morgan fingerprint density at radius 2 is 2.36 bits per heavy atom. The molecule has 6 nitrogen and oxygen atoms in total. The minimum absolute atomic E-state index is 0.414. The molecule has 1 saturated heterocycles. The lowest BCUT2D eigenvalue weighted by Gasteiger charge is -2.21. The molecule has 11 heavy (non-hydrogen) atoms. The molecule has 1 unspecified atom stereocenters. The number of nitrogens with one attached hydrogen (secondary N) is 3. The number of hydroxylamine groups is 1. The fourth-order valence-corrected chi connectivity index (χ4v) is 0.873. The molecule has 1 fully saturated rings. The van der Waals surface area contributed by atoms with Crippen molar-refractivity contribution in [2.75, 3.05) is 13.1 Å². The molecule has 4 N–H and O–H groups in total. The Hall–Kier alpha value is -1.14. The third-order valence-electron chi connectivity index (χ3n) is 1.41. The molecule has 1 aliphatic rings. The average Bonchev–Trinajstić information content (AvgIpc) is 2.04. The fourth-order valence-electron chi connectivity index (χ4n) is 0.873. The zero-order chi connectivity index (χ0) is 8.27. The molecular formula is C5H9N3O3. The van der Waals surface area contributed by atoms with E-state index in [0.717, 1.165) is 0 Å². The first-order valence-electron chi connectivity index (χ1n) is 3.20. The van der Waals surface area contributed by atoms with Crippen molar-refractivity contribution in [3.63, 3.8) is 0 Å². The van der Waals surface area contributed by atoms with Crippen LogP contribution in [0.5, 0.6) is 0 Å². The monoisotopic (exact) mass is 159 g/mol. The van der Waals surface area contributed by atoms with Crippen LogP contribution in [-0.2, 0) is 9.59 Å². The molecule has 1 atom stereocenters. The molecule has 0 spiro atoms. The Bertz CT molecular complexity index is 174. The normalized spacial score (nSPS) is 24.1. The molecule has 0 saturated carbocycles. The smallest absolute Gasteiger partial charge is 0.270 e. The van der Waals surface area contributed by atoms with Crippen LogP contribution >= 0.6 is 0 Å². The van der Waals surface area contributed by atoms with Crippen molar-refractivity contribution in [2.24, 2.45) is 0 Å². The van der Waals surface area contributed by atoms with Gasteiger partial charge in [0.15, 0.2) is 6.04 Å². The Morgan fingerprint density at radius 1 is 1.64 bits per heavy atom. The lowest BCUT2D eigenvalue weighted by atomic mass is 10.2. The highest BCUT2D eigenvalue weighted by Gasteiger charge is 2.27. The second-order valence-electron chi connectivity index (χ2n) is 2.15. The van der Waals surface area contributed by atoms with Gasteiger partial charge in [-0.25, -0.2) is 5.48 Å². The zero-order valence-electron chi connectivity index (χ0n) is 5.76. The van der Waals surface area contributed by atoms with E-state index >= 15 is 0 Å². The van der Waals surface area contributed by atoms with Gasteiger partial charge in [-0.05, 0) is 0 Å². The van der Waals surface area contributed by atoms with E-state index in [-0.39, 0.29) is 0 Å². The van der Waals surface area contributed by atoms with Crippen LogP contribution in [0, 0.1) is 0 Å². The molecule has 0 aliphatic carbocycles. The Balaban J connectivity index is 2.54. The van der Waals surface area contributed by atoms with Crippen molar-refractivity contribution in [1.82, 2.24) is 16.1 Å². The summed E-state index contributed by atoms with van der Waals surface area (Å²) in [5.74, 6) is -1.15. The van der Waals surface area contributed by atoms with E-state index in [1.807, 2.05) is 0 Å². The number of carbonyl (C=O) groups excluding carboxylic acids is 2. The van der Waals surface area contributed by atoms with Crippen LogP contribution in [0.2, 0.25) is 0 Å². The van der Waals surface area contributed by atoms with Gasteiger partial charge in [-0.15, -0.1) is 0 Å². The highest BCUT2D eigenvalue weighted by Crippen LogP contribution is 1.88. The summed E-state index contributed by atoms with van der Waals surface area (Å²) in [4.78, 5) is 21.5. The van der Waals surface area contributed by atoms with E-state index in [1.54, 1.807) is 0 Å². The minimum Gasteiger partial charge on any atom is -0.353 e. The first-order valence-corrected chi connectivity index (χ1v) is 3.20. The second kappa shape index (κ2) is 3.31. The van der Waals surface area contributed by atoms with Crippen LogP contribution in [0.3, 0.4) is 0 Å². The molecule has 0 aromatic carbocycles. The van der Waals surface area contributed by atoms with E-state index in [4.69, 9.17) is 5.21 Å². The largest absolute Gasteiger partial charge is 0.353 e. The Labute approximate surface area is 62.9 Å². The summed E-state index contributed by atoms with van der Waals surface area (Å²) in [5, 5.41) is 13.3. The fraction of sp³-hybridized carbons (Fsp3) is 0.600. The number of amides is 2. The average molecular weight is 159 g/mol. The summed E-state index contributed by atoms with van der Waals surface area (Å²) in [5.41, 5.74) is 1.40. The molecule has 2 amide bonds. The molecule has 0 radical (unpaired) electrons. The van der Waals surface area contributed by atoms with E-state index in [9.17, 15) is 9.59 Å². The van der Waals surface area contributed by atoms with Crippen molar-refractivity contribution in [3.8, 4) is 0 Å². The summed E-state index contributed by atoms with van der Waals surface area (Å²) in [7, 11) is 0. The minimum atomic E-state index is -0.964. The molecule has 0 bridgehead atoms. The van der Waals surface area contributed by atoms with E-state index in [1.165, 1.54) is 5.48 Å². The van der Waals surface area contributed by atoms with Crippen molar-refractivity contribution in [1.29, 1.82) is 0 Å². The molecule has 62 valence electrons. The molecule has 0 aromatic heterocycles. The highest BCUT2D eigenvalue weighted by atomic mass is 16.5. The Morgan fingerprint density at radius 3 is 2.91 bits per heavy atom. The van der Waals surface area contributed by atoms with Gasteiger partial charge in [-0.3, -0.25) is 20.1 Å². The van der Waals surface area contributed by atoms with Crippen molar-refractivity contribution in [2.45, 2.75) is 6.04 Å². The molecule has 1 rings (SSSR count). The van der Waals surface area contributed by atoms with Crippen LogP contribution in [0.15, 0.2) is 0 Å². The predicted octanol–water partition coefficient (Wildman–Crippen LogP) is -2.42. The lowest BCUT2D eigenvalue weighted by molar-refractivity contribution is -0.138. The Kier molecular flexibility index (Phi) is 2.40. The molecular weight excluding hydrogens is 150 g/mol. The summed E-state index contributed by atoms with van der Waals surface area (Å²) in [6.07, 6.45) is 0. The van der Waals surface area contributed by atoms with Crippen LogP contribution in [0.4, 0.5) is 0 Å². The zero-order valence-corrected chi connectivity index (χ0v) is 5.76. The third-order valence-corrected chi connectivity index (χ3v) is 1.41. The van der Waals surface area contributed by atoms with E-state index < -0.39 is 17.9 Å². The standard InChI is InChI=1S/C5H9N3O3/c9-4-3(5(10)8-11)6-1-2-7-4/h3,6,11H,1-2H2,(H,7,9)(H,8,10). The first-order chi connectivity index (χ1) is 5.25. The van der Waals surface area contributed by atoms with Crippen molar-refractivity contribution < 1.29 is 14.8 Å². The topological polar surface area (TPSA) is 90.5 Å². The number of piperazine rings is 1. The van der Waals surface area contributed by atoms with E-state index in [0.29, 0.717) is 13.1 Å². The third kappa shape index (κ3) is 1.66. The van der Waals surface area contributed by atoms with Gasteiger partial charge >= 0.3 is 0 Å². The van der Waals surface area contributed by atoms with Gasteiger partial charge in [0.1, 0.15) is 0 Å². The summed E-state index contributed by atoms with van der Waals surface area (Å²) in [6, 6.07) is -0.964. The van der Waals surface area contributed by atoms with Crippen LogP contribution in [0.1, 0.15) is 0 Å². The molecule has 0 aromatic rings. The SMILES string of the molecule is O=C(NO)C1NCCNC1=O. The van der Waals surface area contributed by atoms with Gasteiger partial charge in [0.25, 0.3) is 5.91 Å². The molecule has 6 heteroatoms. The van der Waals surface area contributed by atoms with Crippen LogP contribution < -0.4 is 16.1 Å². The summed E-state index contributed by atoms with van der Waals surface area (Å²) >= 11 is 0. The predicted molar refractivity (Wildman–Crippen MR) is 34.7 cm³/mol. The number of hydrogen-bond acceptors (Lipinski definition) is 4. The van der Waals surface area contributed by atoms with Gasteiger partial charge in [0.05, 0.1) is 0 Å². The maximum absolute atomic E-state index is 10.8. The first kappa shape index (κ1) is 7.96. The van der Waals surface area contributed by atoms with Gasteiger partial charge in [0.2, 0.25) is 5.91 Å². The van der Waals surface area contributed by atoms with Gasteiger partial charge in [0, 0.05) is 13.1 Å². The number of carbonyl (C=O) groups is 2. The maximum atomic E-state index is 10.8. The summed E-state index contributed by atoms with van der Waals surface area (Å²) in [6.45, 7) is 1.04. The van der Waals surface area contributed by atoms with Gasteiger partial charge in [-0.2, -0.15) is 0 Å². The van der Waals surface area contributed by atoms with Gasteiger partial charge < -0.3 is 5.32 Å². The molecule has 1 aliphatic heterocycles. The second-order valence-corrected chi connectivity index (χ2v) is 2.15. The maximum Gasteiger partial charge on any atom is 0.270 e. The number of hydrogen-bond donors (Lipinski definition) is 4. The number of rotatable bonds is 1. The quantitative estimate of drug-likeness (QED) is 0.195. The van der Waals surface area contributed by atoms with Gasteiger partial charge in [-0.1, -0.05) is 0 Å². The molecule has 1 heterocycles. The van der Waals surface area contributed by atoms with Crippen LogP contribution in [-0.4, -0.2) is 36.2 Å². The van der Waals surface area contributed by atoms with E-state index in [2.05, 4.69) is 10.6 Å². The highest BCUT2D eigenvalue weighted by molar-refractivity contribution is 6.04. The van der Waals surface area contributed by atoms with Crippen molar-refractivity contribution >= 4 is 11.8 Å². The summed E-state index contributed by atoms with van der Waals surface area (Å²) < 4.78 is 0.